The monoisotopic (exact) mass is 177 g/mol. The molecule has 1 aliphatic heterocycles. The molecule has 0 bridgehead atoms. The van der Waals surface area contributed by atoms with Crippen LogP contribution >= 0.6 is 11.8 Å². The van der Waals surface area contributed by atoms with Crippen molar-refractivity contribution in [2.24, 2.45) is 4.99 Å². The Kier molecular flexibility index (Phi) is 1.72. The molecular weight excluding hydrogens is 166 g/mol. The van der Waals surface area contributed by atoms with Gasteiger partial charge in [-0.05, 0) is 19.9 Å². The number of rotatable bonds is 0. The van der Waals surface area contributed by atoms with Crippen LogP contribution in [0.5, 0.6) is 0 Å². The molecule has 0 spiro atoms. The number of benzene rings is 1. The van der Waals surface area contributed by atoms with Crippen molar-refractivity contribution in [3.63, 3.8) is 0 Å². The number of nitrogens with zero attached hydrogens (tertiary/aromatic N) is 1. The van der Waals surface area contributed by atoms with E-state index in [4.69, 9.17) is 0 Å². The zero-order chi connectivity index (χ0) is 8.60. The second-order valence-corrected chi connectivity index (χ2v) is 4.99. The van der Waals surface area contributed by atoms with Gasteiger partial charge in [0.2, 0.25) is 0 Å². The van der Waals surface area contributed by atoms with Crippen molar-refractivity contribution >= 4 is 18.0 Å². The van der Waals surface area contributed by atoms with Crippen molar-refractivity contribution in [1.82, 2.24) is 0 Å². The zero-order valence-corrected chi connectivity index (χ0v) is 8.06. The van der Waals surface area contributed by atoms with E-state index in [1.165, 1.54) is 10.5 Å². The molecule has 1 heterocycles. The van der Waals surface area contributed by atoms with Crippen molar-refractivity contribution in [2.45, 2.75) is 23.6 Å². The molecule has 0 fully saturated rings. The highest BCUT2D eigenvalue weighted by Gasteiger charge is 2.21. The van der Waals surface area contributed by atoms with E-state index in [1.54, 1.807) is 0 Å². The number of thioether (sulfide) groups is 1. The van der Waals surface area contributed by atoms with Gasteiger partial charge in [-0.15, -0.1) is 0 Å². The fourth-order valence-electron chi connectivity index (χ4n) is 1.20. The van der Waals surface area contributed by atoms with Crippen LogP contribution in [0.25, 0.3) is 0 Å². The number of hydrogen-bond donors (Lipinski definition) is 0. The number of fused-ring (bicyclic) bond motifs is 1. The van der Waals surface area contributed by atoms with E-state index in [1.807, 2.05) is 24.0 Å². The Morgan fingerprint density at radius 1 is 1.25 bits per heavy atom. The molecule has 12 heavy (non-hydrogen) atoms. The van der Waals surface area contributed by atoms with E-state index >= 15 is 0 Å². The van der Waals surface area contributed by atoms with Crippen LogP contribution in [0.3, 0.4) is 0 Å². The summed E-state index contributed by atoms with van der Waals surface area (Å²) in [5.41, 5.74) is 1.24. The van der Waals surface area contributed by atoms with Crippen LogP contribution in [0.4, 0.5) is 0 Å². The van der Waals surface area contributed by atoms with Crippen LogP contribution in [0.1, 0.15) is 19.4 Å². The van der Waals surface area contributed by atoms with E-state index in [2.05, 4.69) is 37.0 Å². The first-order valence-electron chi connectivity index (χ1n) is 4.01. The van der Waals surface area contributed by atoms with E-state index < -0.39 is 0 Å². The van der Waals surface area contributed by atoms with Gasteiger partial charge in [0, 0.05) is 16.7 Å². The maximum Gasteiger partial charge on any atom is 0.105 e. The van der Waals surface area contributed by atoms with Crippen LogP contribution in [-0.2, 0) is 0 Å². The summed E-state index contributed by atoms with van der Waals surface area (Å²) >= 11 is 1.82. The first-order chi connectivity index (χ1) is 5.67. The molecule has 0 radical (unpaired) electrons. The highest BCUT2D eigenvalue weighted by Crippen LogP contribution is 2.37. The lowest BCUT2D eigenvalue weighted by molar-refractivity contribution is 0.760. The second-order valence-electron chi connectivity index (χ2n) is 3.34. The Morgan fingerprint density at radius 3 is 2.83 bits per heavy atom. The molecule has 2 heteroatoms. The highest BCUT2D eigenvalue weighted by atomic mass is 32.2. The Labute approximate surface area is 76.9 Å². The minimum absolute atomic E-state index is 0.00829. The third kappa shape index (κ3) is 1.39. The molecule has 0 aliphatic carbocycles. The van der Waals surface area contributed by atoms with Gasteiger partial charge in [-0.25, -0.2) is 0 Å². The molecule has 0 unspecified atom stereocenters. The molecule has 0 saturated carbocycles. The minimum Gasteiger partial charge on any atom is -0.275 e. The smallest absolute Gasteiger partial charge is 0.105 e. The lowest BCUT2D eigenvalue weighted by Gasteiger charge is -2.23. The van der Waals surface area contributed by atoms with Crippen molar-refractivity contribution in [3.05, 3.63) is 29.8 Å². The topological polar surface area (TPSA) is 12.4 Å². The maximum absolute atomic E-state index is 4.44. The lowest BCUT2D eigenvalue weighted by Crippen LogP contribution is -2.14. The third-order valence-electron chi connectivity index (χ3n) is 1.79. The van der Waals surface area contributed by atoms with E-state index in [-0.39, 0.29) is 4.87 Å². The maximum atomic E-state index is 4.44. The fraction of sp³-hybridized carbons (Fsp3) is 0.300. The van der Waals surface area contributed by atoms with Crippen molar-refractivity contribution in [3.8, 4) is 0 Å². The summed E-state index contributed by atoms with van der Waals surface area (Å²) in [4.78, 5) is 5.78. The van der Waals surface area contributed by atoms with Gasteiger partial charge in [0.05, 0.1) is 0 Å². The van der Waals surface area contributed by atoms with Gasteiger partial charge in [-0.2, -0.15) is 0 Å². The third-order valence-corrected chi connectivity index (χ3v) is 2.99. The standard InChI is InChI=1S/C10H11NS/c1-10(2)11-7-8-5-3-4-6-9(8)12-10/h3-7H,1-2H3. The average Bonchev–Trinajstić information content (AvgIpc) is 2.02. The fourth-order valence-corrected chi connectivity index (χ4v) is 2.23. The quantitative estimate of drug-likeness (QED) is 0.593. The molecule has 1 aromatic rings. The second kappa shape index (κ2) is 2.63. The summed E-state index contributed by atoms with van der Waals surface area (Å²) in [7, 11) is 0. The van der Waals surface area contributed by atoms with Crippen LogP contribution in [0, 0.1) is 0 Å². The Morgan fingerprint density at radius 2 is 2.00 bits per heavy atom. The van der Waals surface area contributed by atoms with E-state index in [0.717, 1.165) is 0 Å². The van der Waals surface area contributed by atoms with Gasteiger partial charge in [0.1, 0.15) is 4.87 Å². The summed E-state index contributed by atoms with van der Waals surface area (Å²) < 4.78 is 0. The summed E-state index contributed by atoms with van der Waals surface area (Å²) in [5, 5.41) is 0. The molecule has 62 valence electrons. The predicted molar refractivity (Wildman–Crippen MR) is 54.0 cm³/mol. The van der Waals surface area contributed by atoms with Crippen molar-refractivity contribution < 1.29 is 0 Å². The van der Waals surface area contributed by atoms with Crippen LogP contribution in [0.15, 0.2) is 34.2 Å². The van der Waals surface area contributed by atoms with Crippen LogP contribution in [0.2, 0.25) is 0 Å². The molecule has 1 aliphatic rings. The summed E-state index contributed by atoms with van der Waals surface area (Å²) in [6.45, 7) is 4.26. The number of hydrogen-bond acceptors (Lipinski definition) is 2. The van der Waals surface area contributed by atoms with Gasteiger partial charge in [0.15, 0.2) is 0 Å². The average molecular weight is 177 g/mol. The van der Waals surface area contributed by atoms with Crippen molar-refractivity contribution in [1.29, 1.82) is 0 Å². The van der Waals surface area contributed by atoms with Gasteiger partial charge >= 0.3 is 0 Å². The van der Waals surface area contributed by atoms with E-state index in [9.17, 15) is 0 Å². The Balaban J connectivity index is 2.46. The first-order valence-corrected chi connectivity index (χ1v) is 4.82. The van der Waals surface area contributed by atoms with Gasteiger partial charge in [0.25, 0.3) is 0 Å². The molecule has 0 amide bonds. The summed E-state index contributed by atoms with van der Waals surface area (Å²) in [5.74, 6) is 0. The Bertz CT molecular complexity index is 328. The molecule has 0 aromatic heterocycles. The van der Waals surface area contributed by atoms with Gasteiger partial charge in [-0.1, -0.05) is 30.0 Å². The van der Waals surface area contributed by atoms with Gasteiger partial charge in [-0.3, -0.25) is 4.99 Å². The van der Waals surface area contributed by atoms with Gasteiger partial charge < -0.3 is 0 Å². The molecule has 0 saturated heterocycles. The molecule has 2 rings (SSSR count). The Hall–Kier alpha value is -0.760. The summed E-state index contributed by atoms with van der Waals surface area (Å²) in [6.07, 6.45) is 1.96. The lowest BCUT2D eigenvalue weighted by atomic mass is 10.2. The highest BCUT2D eigenvalue weighted by molar-refractivity contribution is 8.00. The molecule has 0 atom stereocenters. The predicted octanol–water partition coefficient (Wildman–Crippen LogP) is 2.95. The summed E-state index contributed by atoms with van der Waals surface area (Å²) in [6, 6.07) is 8.36. The van der Waals surface area contributed by atoms with E-state index in [0.29, 0.717) is 0 Å². The van der Waals surface area contributed by atoms with Crippen LogP contribution in [-0.4, -0.2) is 11.1 Å². The van der Waals surface area contributed by atoms with Crippen LogP contribution < -0.4 is 0 Å². The molecule has 1 nitrogen and oxygen atoms in total. The molecular formula is C10H11NS. The van der Waals surface area contributed by atoms with Crippen molar-refractivity contribution in [2.75, 3.05) is 0 Å². The minimum atomic E-state index is 0.00829. The normalized spacial score (nSPS) is 18.8. The number of aliphatic imine (C=N–C) groups is 1. The molecule has 1 aromatic carbocycles. The zero-order valence-electron chi connectivity index (χ0n) is 7.24. The largest absolute Gasteiger partial charge is 0.275 e. The first kappa shape index (κ1) is 7.87. The molecule has 0 N–H and O–H groups in total. The SMILES string of the molecule is CC1(C)N=Cc2ccccc2S1.